The van der Waals surface area contributed by atoms with Crippen LogP contribution in [0.4, 0.5) is 4.79 Å². The van der Waals surface area contributed by atoms with Crippen molar-refractivity contribution in [3.05, 3.63) is 54.2 Å². The summed E-state index contributed by atoms with van der Waals surface area (Å²) in [5.74, 6) is 1.62. The molecule has 4 heterocycles. The second-order valence-electron chi connectivity index (χ2n) is 11.9. The fourth-order valence-electron chi connectivity index (χ4n) is 5.51. The Bertz CT molecular complexity index is 1500. The largest absolute Gasteiger partial charge is 0.492 e. The molecule has 2 aliphatic heterocycles. The Labute approximate surface area is 234 Å². The second-order valence-corrected chi connectivity index (χ2v) is 11.9. The first-order valence-corrected chi connectivity index (χ1v) is 14.3. The number of nitrogens with zero attached hydrogens (tertiary/aromatic N) is 2. The maximum absolute atomic E-state index is 12.5. The first kappa shape index (κ1) is 26.4. The van der Waals surface area contributed by atoms with Crippen molar-refractivity contribution in [1.82, 2.24) is 30.6 Å². The molecule has 0 radical (unpaired) electrons. The van der Waals surface area contributed by atoms with Crippen LogP contribution in [0.15, 0.2) is 42.7 Å². The third-order valence-corrected chi connectivity index (χ3v) is 7.74. The van der Waals surface area contributed by atoms with Gasteiger partial charge in [0, 0.05) is 17.7 Å². The monoisotopic (exact) mass is 542 g/mol. The zero-order chi connectivity index (χ0) is 27.7. The highest BCUT2D eigenvalue weighted by molar-refractivity contribution is 5.84. The van der Waals surface area contributed by atoms with Crippen LogP contribution < -0.4 is 15.4 Å². The Kier molecular flexibility index (Phi) is 7.00. The molecule has 7 rings (SSSR count). The average molecular weight is 543 g/mol. The molecule has 210 valence electrons. The molecule has 0 spiro atoms. The molecule has 1 aliphatic carbocycles. The molecule has 0 bridgehead atoms. The van der Waals surface area contributed by atoms with E-state index >= 15 is 0 Å². The molecule has 40 heavy (non-hydrogen) atoms. The van der Waals surface area contributed by atoms with Gasteiger partial charge in [-0.15, -0.1) is 0 Å². The Morgan fingerprint density at radius 2 is 1.82 bits per heavy atom. The number of hydrogen-bond acceptors (Lipinski definition) is 6. The van der Waals surface area contributed by atoms with Gasteiger partial charge in [-0.1, -0.05) is 12.1 Å². The van der Waals surface area contributed by atoms with Crippen molar-refractivity contribution in [2.75, 3.05) is 19.7 Å². The lowest BCUT2D eigenvalue weighted by Crippen LogP contribution is -2.52. The van der Waals surface area contributed by atoms with E-state index in [1.54, 1.807) is 6.33 Å². The minimum absolute atomic E-state index is 0.414. The number of aromatic nitrogens is 4. The molecule has 1 amide bonds. The third-order valence-electron chi connectivity index (χ3n) is 7.74. The van der Waals surface area contributed by atoms with Gasteiger partial charge in [-0.3, -0.25) is 0 Å². The zero-order valence-corrected chi connectivity index (χ0v) is 23.5. The number of fused-ring (bicyclic) bond motifs is 4. The maximum Gasteiger partial charge on any atom is 0.408 e. The number of benzene rings is 2. The minimum atomic E-state index is -0.547. The molecule has 3 aliphatic rings. The van der Waals surface area contributed by atoms with E-state index in [0.717, 1.165) is 76.4 Å². The lowest BCUT2D eigenvalue weighted by molar-refractivity contribution is 0.0366. The fraction of sp³-hybridized carbons (Fsp3) is 0.452. The summed E-state index contributed by atoms with van der Waals surface area (Å²) in [6.45, 7) is 8.71. The highest BCUT2D eigenvalue weighted by atomic mass is 16.6. The molecule has 2 fully saturated rings. The summed E-state index contributed by atoms with van der Waals surface area (Å²) in [6.07, 6.45) is 7.60. The number of H-pyrrole nitrogens is 2. The first-order chi connectivity index (χ1) is 19.3. The van der Waals surface area contributed by atoms with Crippen LogP contribution in [-0.2, 0) is 16.7 Å². The van der Waals surface area contributed by atoms with Gasteiger partial charge in [0.1, 0.15) is 22.7 Å². The van der Waals surface area contributed by atoms with E-state index in [9.17, 15) is 4.79 Å². The summed E-state index contributed by atoms with van der Waals surface area (Å²) in [4.78, 5) is 28.5. The Hall–Kier alpha value is -3.85. The summed E-state index contributed by atoms with van der Waals surface area (Å²) < 4.78 is 11.6. The fourth-order valence-corrected chi connectivity index (χ4v) is 5.51. The van der Waals surface area contributed by atoms with E-state index in [0.29, 0.717) is 6.61 Å². The van der Waals surface area contributed by atoms with Crippen molar-refractivity contribution >= 4 is 17.1 Å². The lowest BCUT2D eigenvalue weighted by atomic mass is 9.76. The molecule has 9 nitrogen and oxygen atoms in total. The van der Waals surface area contributed by atoms with Crippen LogP contribution in [0.3, 0.4) is 0 Å². The van der Waals surface area contributed by atoms with Gasteiger partial charge < -0.3 is 30.1 Å². The lowest BCUT2D eigenvalue weighted by Gasteiger charge is -2.40. The average Bonchev–Trinajstić information content (AvgIpc) is 3.66. The summed E-state index contributed by atoms with van der Waals surface area (Å²) in [7, 11) is 0. The molecule has 1 saturated carbocycles. The van der Waals surface area contributed by atoms with Gasteiger partial charge in [0.2, 0.25) is 0 Å². The normalized spacial score (nSPS) is 17.4. The predicted molar refractivity (Wildman–Crippen MR) is 155 cm³/mol. The van der Waals surface area contributed by atoms with E-state index in [1.807, 2.05) is 26.8 Å². The van der Waals surface area contributed by atoms with Crippen LogP contribution in [0.25, 0.3) is 33.4 Å². The van der Waals surface area contributed by atoms with Crippen LogP contribution in [0.2, 0.25) is 0 Å². The Morgan fingerprint density at radius 1 is 1.05 bits per heavy atom. The smallest absolute Gasteiger partial charge is 0.408 e. The highest BCUT2D eigenvalue weighted by Gasteiger charge is 2.43. The van der Waals surface area contributed by atoms with Crippen molar-refractivity contribution in [2.24, 2.45) is 0 Å². The molecule has 1 saturated heterocycles. The zero-order valence-electron chi connectivity index (χ0n) is 23.5. The molecule has 2 aromatic carbocycles. The van der Waals surface area contributed by atoms with Gasteiger partial charge in [0.05, 0.1) is 29.7 Å². The molecule has 4 N–H and O–H groups in total. The molecular weight excluding hydrogens is 504 g/mol. The number of aromatic amines is 2. The van der Waals surface area contributed by atoms with Crippen molar-refractivity contribution in [3.63, 3.8) is 0 Å². The van der Waals surface area contributed by atoms with Crippen LogP contribution in [0.1, 0.15) is 64.4 Å². The van der Waals surface area contributed by atoms with E-state index in [-0.39, 0.29) is 0 Å². The van der Waals surface area contributed by atoms with Crippen LogP contribution in [0, 0.1) is 0 Å². The van der Waals surface area contributed by atoms with Crippen molar-refractivity contribution in [3.8, 4) is 28.1 Å². The Balaban J connectivity index is 0.000000523. The highest BCUT2D eigenvalue weighted by Crippen LogP contribution is 2.41. The molecule has 4 aromatic rings. The number of nitrogens with one attached hydrogen (secondary N) is 4. The summed E-state index contributed by atoms with van der Waals surface area (Å²) in [5.41, 5.74) is 5.93. The number of carbonyl (C=O) groups is 1. The number of imidazole rings is 2. The topological polar surface area (TPSA) is 117 Å². The standard InChI is InChI=1S/C27H29N5O3.C4H9N/c1-26(2,3)35-25(33)32-27(10-4-11-27)24-30-19-8-6-16(13-21(19)31-24)17-5-7-18-22(14-17)34-12-9-20-23(18)29-15-28-20;1-2-4-5-3-1/h5-8,13-15H,4,9-12H2,1-3H3,(H,28,29)(H,30,31)(H,32,33);5H,1-4H2. The molecule has 0 atom stereocenters. The van der Waals surface area contributed by atoms with Gasteiger partial charge >= 0.3 is 6.09 Å². The number of alkyl carbamates (subject to hydrolysis) is 1. The number of carbonyl (C=O) groups excluding carboxylic acids is 1. The number of hydrogen-bond donors (Lipinski definition) is 4. The summed E-state index contributed by atoms with van der Waals surface area (Å²) in [6, 6.07) is 12.4. The number of amides is 1. The van der Waals surface area contributed by atoms with Crippen molar-refractivity contribution < 1.29 is 14.3 Å². The predicted octanol–water partition coefficient (Wildman–Crippen LogP) is 5.83. The third kappa shape index (κ3) is 5.43. The van der Waals surface area contributed by atoms with Gasteiger partial charge in [-0.25, -0.2) is 14.8 Å². The van der Waals surface area contributed by atoms with Gasteiger partial charge in [-0.2, -0.15) is 0 Å². The van der Waals surface area contributed by atoms with Gasteiger partial charge in [0.25, 0.3) is 0 Å². The van der Waals surface area contributed by atoms with E-state index in [4.69, 9.17) is 14.5 Å². The molecule has 0 unspecified atom stereocenters. The second kappa shape index (κ2) is 10.6. The van der Waals surface area contributed by atoms with Gasteiger partial charge in [-0.05, 0) is 101 Å². The van der Waals surface area contributed by atoms with E-state index in [1.165, 1.54) is 25.9 Å². The molecule has 2 aromatic heterocycles. The van der Waals surface area contributed by atoms with E-state index < -0.39 is 17.2 Å². The summed E-state index contributed by atoms with van der Waals surface area (Å²) >= 11 is 0. The number of rotatable bonds is 3. The number of ether oxygens (including phenoxy) is 2. The minimum Gasteiger partial charge on any atom is -0.492 e. The molecular formula is C31H38N6O3. The SMILES string of the molecule is C1CCNC1.CC(C)(C)OC(=O)NC1(c2nc3ccc(-c4ccc5c(c4)OCCc4[nH]cnc4-5)cc3[nH]2)CCC1. The first-order valence-electron chi connectivity index (χ1n) is 14.3. The quantitative estimate of drug-likeness (QED) is 0.259. The van der Waals surface area contributed by atoms with Crippen molar-refractivity contribution in [2.45, 2.75) is 70.4 Å². The maximum atomic E-state index is 12.5. The van der Waals surface area contributed by atoms with Crippen molar-refractivity contribution in [1.29, 1.82) is 0 Å². The van der Waals surface area contributed by atoms with E-state index in [2.05, 4.69) is 55.9 Å². The van der Waals surface area contributed by atoms with Gasteiger partial charge in [0.15, 0.2) is 0 Å². The summed E-state index contributed by atoms with van der Waals surface area (Å²) in [5, 5.41) is 6.30. The molecule has 9 heteroatoms. The van der Waals surface area contributed by atoms with Crippen LogP contribution in [-0.4, -0.2) is 51.3 Å². The Morgan fingerprint density at radius 3 is 2.52 bits per heavy atom. The van der Waals surface area contributed by atoms with Crippen LogP contribution in [0.5, 0.6) is 5.75 Å². The van der Waals surface area contributed by atoms with Crippen LogP contribution >= 0.6 is 0 Å².